The Morgan fingerprint density at radius 1 is 1.60 bits per heavy atom. The minimum Gasteiger partial charge on any atom is -0.409 e. The fourth-order valence-corrected chi connectivity index (χ4v) is 2.53. The fourth-order valence-electron chi connectivity index (χ4n) is 2.53. The summed E-state index contributed by atoms with van der Waals surface area (Å²) >= 11 is 0. The lowest BCUT2D eigenvalue weighted by molar-refractivity contribution is 0.127. The summed E-state index contributed by atoms with van der Waals surface area (Å²) in [6.07, 6.45) is 0.606. The summed E-state index contributed by atoms with van der Waals surface area (Å²) in [5.74, 6) is -0.213. The van der Waals surface area contributed by atoms with Gasteiger partial charge in [0.25, 0.3) is 0 Å². The Morgan fingerprint density at radius 2 is 2.35 bits per heavy atom. The first-order valence-electron chi connectivity index (χ1n) is 6.68. The Labute approximate surface area is 117 Å². The number of aliphatic hydroxyl groups is 1. The van der Waals surface area contributed by atoms with Gasteiger partial charge in [0, 0.05) is 24.2 Å². The van der Waals surface area contributed by atoms with Crippen LogP contribution < -0.4 is 5.73 Å². The van der Waals surface area contributed by atoms with E-state index >= 15 is 0 Å². The topological polar surface area (TPSA) is 82.1 Å². The van der Waals surface area contributed by atoms with Crippen molar-refractivity contribution in [2.75, 3.05) is 13.1 Å². The second-order valence-electron chi connectivity index (χ2n) is 5.32. The smallest absolute Gasteiger partial charge is 0.170 e. The molecule has 0 amide bonds. The average molecular weight is 281 g/mol. The number of hydrogen-bond donors (Lipinski definition) is 3. The molecule has 2 unspecified atom stereocenters. The van der Waals surface area contributed by atoms with Crippen molar-refractivity contribution in [3.8, 4) is 0 Å². The fraction of sp³-hybridized carbons (Fsp3) is 0.500. The van der Waals surface area contributed by atoms with E-state index in [4.69, 9.17) is 10.9 Å². The monoisotopic (exact) mass is 281 g/mol. The Balaban J connectivity index is 2.04. The minimum atomic E-state index is -0.366. The molecule has 1 aromatic rings. The molecular formula is C14H20FN3O2. The Hall–Kier alpha value is -1.66. The van der Waals surface area contributed by atoms with Gasteiger partial charge in [-0.1, -0.05) is 17.3 Å². The number of hydrogen-bond acceptors (Lipinski definition) is 4. The van der Waals surface area contributed by atoms with Crippen LogP contribution in [0, 0.1) is 11.7 Å². The number of amidine groups is 1. The average Bonchev–Trinajstić information content (AvgIpc) is 2.89. The third-order valence-corrected chi connectivity index (χ3v) is 3.84. The summed E-state index contributed by atoms with van der Waals surface area (Å²) in [5.41, 5.74) is 6.36. The number of benzene rings is 1. The van der Waals surface area contributed by atoms with Crippen LogP contribution in [0.25, 0.3) is 0 Å². The molecule has 2 rings (SSSR count). The molecule has 20 heavy (non-hydrogen) atoms. The van der Waals surface area contributed by atoms with E-state index in [1.54, 1.807) is 19.1 Å². The maximum atomic E-state index is 14.0. The molecule has 1 aliphatic rings. The SMILES string of the molecule is CC(O)C1CCN(Cc2ccc(/C(N)=N/O)cc2F)C1. The highest BCUT2D eigenvalue weighted by Crippen LogP contribution is 2.22. The molecule has 2 atom stereocenters. The van der Waals surface area contributed by atoms with E-state index < -0.39 is 0 Å². The van der Waals surface area contributed by atoms with Crippen LogP contribution in [0.15, 0.2) is 23.4 Å². The van der Waals surface area contributed by atoms with E-state index in [0.717, 1.165) is 19.5 Å². The van der Waals surface area contributed by atoms with Crippen molar-refractivity contribution >= 4 is 5.84 Å². The van der Waals surface area contributed by atoms with Gasteiger partial charge in [-0.2, -0.15) is 0 Å². The van der Waals surface area contributed by atoms with Gasteiger partial charge < -0.3 is 16.0 Å². The summed E-state index contributed by atoms with van der Waals surface area (Å²) in [5, 5.41) is 21.0. The van der Waals surface area contributed by atoms with Crippen molar-refractivity contribution in [3.05, 3.63) is 35.1 Å². The normalized spacial score (nSPS) is 22.1. The van der Waals surface area contributed by atoms with Gasteiger partial charge in [-0.05, 0) is 31.9 Å². The van der Waals surface area contributed by atoms with Crippen molar-refractivity contribution in [2.24, 2.45) is 16.8 Å². The molecule has 1 heterocycles. The van der Waals surface area contributed by atoms with Crippen LogP contribution in [0.5, 0.6) is 0 Å². The second kappa shape index (κ2) is 6.19. The van der Waals surface area contributed by atoms with Crippen molar-refractivity contribution in [1.29, 1.82) is 0 Å². The van der Waals surface area contributed by atoms with E-state index in [9.17, 15) is 9.50 Å². The largest absolute Gasteiger partial charge is 0.409 e. The lowest BCUT2D eigenvalue weighted by atomic mass is 10.0. The maximum absolute atomic E-state index is 14.0. The number of nitrogens with zero attached hydrogens (tertiary/aromatic N) is 2. The zero-order valence-electron chi connectivity index (χ0n) is 11.5. The molecule has 6 heteroatoms. The quantitative estimate of drug-likeness (QED) is 0.334. The number of nitrogens with two attached hydrogens (primary N) is 1. The van der Waals surface area contributed by atoms with Crippen molar-refractivity contribution in [3.63, 3.8) is 0 Å². The molecule has 110 valence electrons. The lowest BCUT2D eigenvalue weighted by Gasteiger charge is -2.18. The van der Waals surface area contributed by atoms with Gasteiger partial charge in [0.15, 0.2) is 5.84 Å². The molecule has 0 saturated carbocycles. The van der Waals surface area contributed by atoms with E-state index in [1.165, 1.54) is 6.07 Å². The van der Waals surface area contributed by atoms with Gasteiger partial charge in [0.1, 0.15) is 5.82 Å². The van der Waals surface area contributed by atoms with E-state index in [-0.39, 0.29) is 23.7 Å². The van der Waals surface area contributed by atoms with Gasteiger partial charge in [-0.25, -0.2) is 4.39 Å². The highest BCUT2D eigenvalue weighted by Gasteiger charge is 2.26. The zero-order valence-corrected chi connectivity index (χ0v) is 11.5. The molecule has 0 spiro atoms. The van der Waals surface area contributed by atoms with E-state index in [2.05, 4.69) is 10.1 Å². The van der Waals surface area contributed by atoms with Gasteiger partial charge in [0.05, 0.1) is 6.10 Å². The number of aliphatic hydroxyl groups excluding tert-OH is 1. The summed E-state index contributed by atoms with van der Waals surface area (Å²) in [4.78, 5) is 2.12. The Kier molecular flexibility index (Phi) is 4.57. The van der Waals surface area contributed by atoms with Crippen LogP contribution in [0.2, 0.25) is 0 Å². The maximum Gasteiger partial charge on any atom is 0.170 e. The summed E-state index contributed by atoms with van der Waals surface area (Å²) in [7, 11) is 0. The Bertz CT molecular complexity index is 505. The van der Waals surface area contributed by atoms with Crippen molar-refractivity contribution in [1.82, 2.24) is 4.90 Å². The molecule has 1 saturated heterocycles. The van der Waals surface area contributed by atoms with Crippen LogP contribution in [0.3, 0.4) is 0 Å². The lowest BCUT2D eigenvalue weighted by Crippen LogP contribution is -2.24. The van der Waals surface area contributed by atoms with Crippen LogP contribution >= 0.6 is 0 Å². The van der Waals surface area contributed by atoms with Gasteiger partial charge in [0.2, 0.25) is 0 Å². The number of likely N-dealkylation sites (tertiary alicyclic amines) is 1. The van der Waals surface area contributed by atoms with Crippen LogP contribution in [0.4, 0.5) is 4.39 Å². The predicted molar refractivity (Wildman–Crippen MR) is 74.0 cm³/mol. The number of rotatable bonds is 4. The predicted octanol–water partition coefficient (Wildman–Crippen LogP) is 1.12. The molecule has 1 fully saturated rings. The van der Waals surface area contributed by atoms with E-state index in [1.807, 2.05) is 0 Å². The standard InChI is InChI=1S/C14H20FN3O2/c1-9(19)11-4-5-18(7-11)8-12-3-2-10(6-13(12)15)14(16)17-20/h2-3,6,9,11,19-20H,4-5,7-8H2,1H3,(H2,16,17). The molecule has 5 nitrogen and oxygen atoms in total. The van der Waals surface area contributed by atoms with Gasteiger partial charge in [-0.3, -0.25) is 4.90 Å². The molecule has 1 aliphatic heterocycles. The van der Waals surface area contributed by atoms with Crippen LogP contribution in [-0.4, -0.2) is 40.2 Å². The molecule has 0 aliphatic carbocycles. The molecule has 4 N–H and O–H groups in total. The van der Waals surface area contributed by atoms with Crippen LogP contribution in [0.1, 0.15) is 24.5 Å². The van der Waals surface area contributed by atoms with Gasteiger partial charge >= 0.3 is 0 Å². The number of halogens is 1. The molecule has 1 aromatic carbocycles. The zero-order chi connectivity index (χ0) is 14.7. The summed E-state index contributed by atoms with van der Waals surface area (Å²) in [6, 6.07) is 4.56. The first kappa shape index (κ1) is 14.7. The summed E-state index contributed by atoms with van der Waals surface area (Å²) < 4.78 is 14.0. The molecular weight excluding hydrogens is 261 g/mol. The third kappa shape index (κ3) is 3.26. The number of oxime groups is 1. The Morgan fingerprint density at radius 3 is 2.90 bits per heavy atom. The van der Waals surface area contributed by atoms with Gasteiger partial charge in [-0.15, -0.1) is 0 Å². The summed E-state index contributed by atoms with van der Waals surface area (Å²) in [6.45, 7) is 3.93. The van der Waals surface area contributed by atoms with E-state index in [0.29, 0.717) is 17.7 Å². The third-order valence-electron chi connectivity index (χ3n) is 3.84. The van der Waals surface area contributed by atoms with Crippen LogP contribution in [-0.2, 0) is 6.54 Å². The van der Waals surface area contributed by atoms with Crippen molar-refractivity contribution in [2.45, 2.75) is 26.0 Å². The van der Waals surface area contributed by atoms with Crippen molar-refractivity contribution < 1.29 is 14.7 Å². The molecule has 0 aromatic heterocycles. The molecule has 0 radical (unpaired) electrons. The minimum absolute atomic E-state index is 0.106. The highest BCUT2D eigenvalue weighted by atomic mass is 19.1. The second-order valence-corrected chi connectivity index (χ2v) is 5.32. The highest BCUT2D eigenvalue weighted by molar-refractivity contribution is 5.97. The molecule has 0 bridgehead atoms. The first-order chi connectivity index (χ1) is 9.51. The first-order valence-corrected chi connectivity index (χ1v) is 6.68.